The fourth-order valence-corrected chi connectivity index (χ4v) is 3.78. The zero-order valence-corrected chi connectivity index (χ0v) is 16.7. The fourth-order valence-electron chi connectivity index (χ4n) is 3.78. The Balaban J connectivity index is 1.27. The van der Waals surface area contributed by atoms with Crippen LogP contribution in [0.4, 0.5) is 4.39 Å². The molecule has 1 aromatic heterocycles. The van der Waals surface area contributed by atoms with E-state index >= 15 is 0 Å². The summed E-state index contributed by atoms with van der Waals surface area (Å²) in [6.45, 7) is 3.68. The normalized spacial score (nSPS) is 17.8. The summed E-state index contributed by atoms with van der Waals surface area (Å²) >= 11 is 0. The first-order valence-corrected chi connectivity index (χ1v) is 10.2. The number of amides is 2. The Kier molecular flexibility index (Phi) is 6.32. The average molecular weight is 416 g/mol. The van der Waals surface area contributed by atoms with Crippen molar-refractivity contribution in [3.8, 4) is 5.75 Å². The lowest BCUT2D eigenvalue weighted by atomic mass is 9.95. The van der Waals surface area contributed by atoms with Crippen molar-refractivity contribution in [2.75, 3.05) is 39.4 Å². The topological polar surface area (TPSA) is 72.2 Å². The maximum absolute atomic E-state index is 12.9. The van der Waals surface area contributed by atoms with E-state index in [1.807, 2.05) is 4.90 Å². The van der Waals surface area contributed by atoms with E-state index in [9.17, 15) is 14.0 Å². The number of morpholine rings is 1. The summed E-state index contributed by atoms with van der Waals surface area (Å²) in [5.74, 6) is 0.911. The molecule has 2 fully saturated rings. The highest BCUT2D eigenvalue weighted by molar-refractivity contribution is 5.91. The summed E-state index contributed by atoms with van der Waals surface area (Å²) in [5.41, 5.74) is 0. The molecule has 2 saturated heterocycles. The molecule has 30 heavy (non-hydrogen) atoms. The summed E-state index contributed by atoms with van der Waals surface area (Å²) in [7, 11) is 0. The summed E-state index contributed by atoms with van der Waals surface area (Å²) < 4.78 is 29.4. The number of carbonyl (C=O) groups excluding carboxylic acids is 2. The van der Waals surface area contributed by atoms with Crippen LogP contribution in [0.2, 0.25) is 0 Å². The van der Waals surface area contributed by atoms with Crippen LogP contribution in [-0.4, -0.2) is 61.0 Å². The van der Waals surface area contributed by atoms with Gasteiger partial charge in [0.25, 0.3) is 5.91 Å². The van der Waals surface area contributed by atoms with Crippen LogP contribution in [0.15, 0.2) is 40.8 Å². The third-order valence-corrected chi connectivity index (χ3v) is 5.52. The van der Waals surface area contributed by atoms with E-state index in [1.54, 1.807) is 17.0 Å². The molecule has 2 aliphatic heterocycles. The molecule has 0 atom stereocenters. The van der Waals surface area contributed by atoms with Crippen LogP contribution >= 0.6 is 0 Å². The van der Waals surface area contributed by atoms with Crippen molar-refractivity contribution in [2.45, 2.75) is 19.4 Å². The number of ether oxygens (including phenoxy) is 2. The Hall–Kier alpha value is -2.87. The van der Waals surface area contributed by atoms with Crippen LogP contribution in [0, 0.1) is 11.7 Å². The van der Waals surface area contributed by atoms with E-state index in [-0.39, 0.29) is 35.9 Å². The number of nitrogens with zero attached hydrogens (tertiary/aromatic N) is 2. The van der Waals surface area contributed by atoms with E-state index in [2.05, 4.69) is 0 Å². The van der Waals surface area contributed by atoms with Gasteiger partial charge in [-0.05, 0) is 49.2 Å². The molecule has 0 unspecified atom stereocenters. The Bertz CT molecular complexity index is 868. The number of carbonyl (C=O) groups is 2. The molecule has 0 aliphatic carbocycles. The molecule has 4 rings (SSSR count). The standard InChI is InChI=1S/C22H25FN2O5/c23-17-1-3-18(4-2-17)29-15-19-5-6-20(30-19)22(27)24-9-7-16(8-10-24)21(26)25-11-13-28-14-12-25/h1-6,16H,7-15H2. The molecule has 2 amide bonds. The summed E-state index contributed by atoms with van der Waals surface area (Å²) in [4.78, 5) is 29.0. The molecule has 1 aromatic carbocycles. The van der Waals surface area contributed by atoms with Gasteiger partial charge in [0, 0.05) is 32.1 Å². The second-order valence-corrected chi connectivity index (χ2v) is 7.51. The molecule has 0 spiro atoms. The van der Waals surface area contributed by atoms with Gasteiger partial charge in [-0.2, -0.15) is 0 Å². The number of piperidine rings is 1. The van der Waals surface area contributed by atoms with Crippen molar-refractivity contribution in [1.29, 1.82) is 0 Å². The highest BCUT2D eigenvalue weighted by Crippen LogP contribution is 2.23. The van der Waals surface area contributed by atoms with Crippen LogP contribution in [0.1, 0.15) is 29.2 Å². The molecule has 0 radical (unpaired) electrons. The quantitative estimate of drug-likeness (QED) is 0.750. The number of furan rings is 1. The minimum Gasteiger partial charge on any atom is -0.486 e. The van der Waals surface area contributed by atoms with Crippen molar-refractivity contribution in [3.63, 3.8) is 0 Å². The first-order chi connectivity index (χ1) is 14.6. The zero-order chi connectivity index (χ0) is 20.9. The lowest BCUT2D eigenvalue weighted by Crippen LogP contribution is -2.47. The highest BCUT2D eigenvalue weighted by atomic mass is 19.1. The molecule has 3 heterocycles. The lowest BCUT2D eigenvalue weighted by molar-refractivity contribution is -0.141. The van der Waals surface area contributed by atoms with Crippen molar-refractivity contribution in [1.82, 2.24) is 9.80 Å². The van der Waals surface area contributed by atoms with E-state index in [0.29, 0.717) is 63.7 Å². The van der Waals surface area contributed by atoms with Crippen molar-refractivity contribution in [2.24, 2.45) is 5.92 Å². The Morgan fingerprint density at radius 3 is 2.37 bits per heavy atom. The average Bonchev–Trinajstić information content (AvgIpc) is 3.27. The van der Waals surface area contributed by atoms with E-state index in [0.717, 1.165) is 0 Å². The van der Waals surface area contributed by atoms with Crippen molar-refractivity contribution >= 4 is 11.8 Å². The molecular formula is C22H25FN2O5. The second kappa shape index (κ2) is 9.30. The van der Waals surface area contributed by atoms with Crippen LogP contribution in [0.25, 0.3) is 0 Å². The van der Waals surface area contributed by atoms with Gasteiger partial charge in [0.2, 0.25) is 5.91 Å². The molecule has 160 valence electrons. The van der Waals surface area contributed by atoms with Gasteiger partial charge in [-0.25, -0.2) is 4.39 Å². The van der Waals surface area contributed by atoms with Gasteiger partial charge in [0.15, 0.2) is 5.76 Å². The summed E-state index contributed by atoms with van der Waals surface area (Å²) in [6.07, 6.45) is 1.31. The van der Waals surface area contributed by atoms with Gasteiger partial charge >= 0.3 is 0 Å². The Labute approximate surface area is 174 Å². The van der Waals surface area contributed by atoms with Gasteiger partial charge in [-0.1, -0.05) is 0 Å². The summed E-state index contributed by atoms with van der Waals surface area (Å²) in [6, 6.07) is 9.04. The molecular weight excluding hydrogens is 391 g/mol. The van der Waals surface area contributed by atoms with Crippen molar-refractivity contribution in [3.05, 3.63) is 53.7 Å². The molecule has 7 nitrogen and oxygen atoms in total. The second-order valence-electron chi connectivity index (χ2n) is 7.51. The number of benzene rings is 1. The molecule has 2 aliphatic rings. The number of likely N-dealkylation sites (tertiary alicyclic amines) is 1. The van der Waals surface area contributed by atoms with Crippen LogP contribution < -0.4 is 4.74 Å². The van der Waals surface area contributed by atoms with E-state index in [4.69, 9.17) is 13.9 Å². The van der Waals surface area contributed by atoms with Crippen LogP contribution in [-0.2, 0) is 16.1 Å². The smallest absolute Gasteiger partial charge is 0.289 e. The van der Waals surface area contributed by atoms with Gasteiger partial charge in [0.1, 0.15) is 23.9 Å². The van der Waals surface area contributed by atoms with E-state index < -0.39 is 0 Å². The van der Waals surface area contributed by atoms with Gasteiger partial charge in [-0.15, -0.1) is 0 Å². The largest absolute Gasteiger partial charge is 0.486 e. The molecule has 0 N–H and O–H groups in total. The Morgan fingerprint density at radius 2 is 1.67 bits per heavy atom. The maximum Gasteiger partial charge on any atom is 0.289 e. The first kappa shape index (κ1) is 20.4. The Morgan fingerprint density at radius 1 is 0.967 bits per heavy atom. The third-order valence-electron chi connectivity index (χ3n) is 5.52. The van der Waals surface area contributed by atoms with Gasteiger partial charge < -0.3 is 23.7 Å². The number of hydrogen-bond acceptors (Lipinski definition) is 5. The minimum absolute atomic E-state index is 0.0385. The van der Waals surface area contributed by atoms with Crippen molar-refractivity contribution < 1.29 is 27.9 Å². The molecule has 8 heteroatoms. The fraction of sp³-hybridized carbons (Fsp3) is 0.455. The molecule has 2 aromatic rings. The predicted molar refractivity (Wildman–Crippen MR) is 105 cm³/mol. The summed E-state index contributed by atoms with van der Waals surface area (Å²) in [5, 5.41) is 0. The van der Waals surface area contributed by atoms with Gasteiger partial charge in [0.05, 0.1) is 13.2 Å². The zero-order valence-electron chi connectivity index (χ0n) is 16.7. The molecule has 0 bridgehead atoms. The monoisotopic (exact) mass is 416 g/mol. The minimum atomic E-state index is -0.330. The first-order valence-electron chi connectivity index (χ1n) is 10.2. The maximum atomic E-state index is 12.9. The lowest BCUT2D eigenvalue weighted by Gasteiger charge is -2.35. The number of hydrogen-bond donors (Lipinski definition) is 0. The third kappa shape index (κ3) is 4.81. The van der Waals surface area contributed by atoms with Crippen LogP contribution in [0.3, 0.4) is 0 Å². The highest BCUT2D eigenvalue weighted by Gasteiger charge is 2.31. The number of rotatable bonds is 5. The molecule has 0 saturated carbocycles. The predicted octanol–water partition coefficient (Wildman–Crippen LogP) is 2.71. The van der Waals surface area contributed by atoms with Gasteiger partial charge in [-0.3, -0.25) is 9.59 Å². The number of halogens is 1. The van der Waals surface area contributed by atoms with Crippen LogP contribution in [0.5, 0.6) is 5.75 Å². The van der Waals surface area contributed by atoms with E-state index in [1.165, 1.54) is 24.3 Å². The SMILES string of the molecule is O=C(c1ccc(COc2ccc(F)cc2)o1)N1CCC(C(=O)N2CCOCC2)CC1.